The fourth-order valence-corrected chi connectivity index (χ4v) is 7.22. The average Bonchev–Trinajstić information content (AvgIpc) is 3.08. The quantitative estimate of drug-likeness (QED) is 0.602. The summed E-state index contributed by atoms with van der Waals surface area (Å²) in [4.78, 5) is 21.7. The number of carbonyl (C=O) groups is 1. The molecule has 7 nitrogen and oxygen atoms in total. The number of aromatic nitrogens is 1. The van der Waals surface area contributed by atoms with Gasteiger partial charge in [0.1, 0.15) is 10.0 Å². The number of likely N-dealkylation sites (tertiary alicyclic amines) is 2. The molecule has 1 amide bonds. The summed E-state index contributed by atoms with van der Waals surface area (Å²) in [6, 6.07) is 3.06. The molecular weight excluding hydrogens is 448 g/mol. The second-order valence-electron chi connectivity index (χ2n) is 9.45. The van der Waals surface area contributed by atoms with E-state index in [1.807, 2.05) is 4.90 Å². The average molecular weight is 483 g/mol. The number of rotatable bonds is 5. The van der Waals surface area contributed by atoms with Crippen molar-refractivity contribution in [2.75, 3.05) is 45.8 Å². The number of hydrogen-bond donors (Lipinski definition) is 0. The molecule has 0 aromatic carbocycles. The second-order valence-corrected chi connectivity index (χ2v) is 11.7. The lowest BCUT2D eigenvalue weighted by atomic mass is 9.92. The van der Waals surface area contributed by atoms with Crippen molar-refractivity contribution in [2.45, 2.75) is 56.3 Å². The van der Waals surface area contributed by atoms with E-state index in [4.69, 9.17) is 11.6 Å². The third kappa shape index (κ3) is 5.64. The number of pyridine rings is 1. The molecule has 0 unspecified atom stereocenters. The lowest BCUT2D eigenvalue weighted by Gasteiger charge is -2.38. The van der Waals surface area contributed by atoms with Crippen LogP contribution < -0.4 is 0 Å². The van der Waals surface area contributed by atoms with E-state index in [9.17, 15) is 13.2 Å². The molecule has 0 bridgehead atoms. The third-order valence-corrected chi connectivity index (χ3v) is 9.63. The van der Waals surface area contributed by atoms with Crippen LogP contribution in [0.3, 0.4) is 0 Å². The molecule has 0 atom stereocenters. The molecule has 4 heterocycles. The Hall–Kier alpha value is -1.22. The number of sulfonamides is 1. The first-order chi connectivity index (χ1) is 15.4. The van der Waals surface area contributed by atoms with Crippen LogP contribution in [0.25, 0.3) is 0 Å². The fraction of sp³-hybridized carbons (Fsp3) is 0.739. The van der Waals surface area contributed by atoms with E-state index < -0.39 is 10.0 Å². The van der Waals surface area contributed by atoms with Crippen LogP contribution in [0.1, 0.15) is 51.4 Å². The van der Waals surface area contributed by atoms with Crippen LogP contribution in [0.4, 0.5) is 0 Å². The summed E-state index contributed by atoms with van der Waals surface area (Å²) >= 11 is 6.01. The van der Waals surface area contributed by atoms with Crippen LogP contribution in [0.5, 0.6) is 0 Å². The van der Waals surface area contributed by atoms with E-state index in [-0.39, 0.29) is 21.9 Å². The molecule has 32 heavy (non-hydrogen) atoms. The summed E-state index contributed by atoms with van der Waals surface area (Å²) in [6.45, 7) is 5.98. The maximum Gasteiger partial charge on any atom is 0.246 e. The molecular formula is C23H35ClN4O3S. The van der Waals surface area contributed by atoms with Gasteiger partial charge in [0.15, 0.2) is 0 Å². The van der Waals surface area contributed by atoms with Gasteiger partial charge < -0.3 is 9.80 Å². The van der Waals surface area contributed by atoms with Crippen molar-refractivity contribution in [3.05, 3.63) is 23.5 Å². The van der Waals surface area contributed by atoms with Crippen LogP contribution in [-0.2, 0) is 14.8 Å². The van der Waals surface area contributed by atoms with Crippen molar-refractivity contribution >= 4 is 27.5 Å². The van der Waals surface area contributed by atoms with E-state index in [0.29, 0.717) is 31.8 Å². The molecule has 3 aliphatic heterocycles. The fourth-order valence-electron chi connectivity index (χ4n) is 5.32. The van der Waals surface area contributed by atoms with E-state index in [0.717, 1.165) is 25.9 Å². The Balaban J connectivity index is 1.25. The van der Waals surface area contributed by atoms with Gasteiger partial charge in [-0.15, -0.1) is 0 Å². The third-order valence-electron chi connectivity index (χ3n) is 7.29. The molecule has 0 spiro atoms. The van der Waals surface area contributed by atoms with Gasteiger partial charge in [-0.3, -0.25) is 4.79 Å². The van der Waals surface area contributed by atoms with Crippen molar-refractivity contribution in [3.63, 3.8) is 0 Å². The van der Waals surface area contributed by atoms with Crippen LogP contribution >= 0.6 is 11.6 Å². The molecule has 178 valence electrons. The highest BCUT2D eigenvalue weighted by molar-refractivity contribution is 7.89. The van der Waals surface area contributed by atoms with Gasteiger partial charge in [0, 0.05) is 44.8 Å². The summed E-state index contributed by atoms with van der Waals surface area (Å²) in [5.74, 6) is 0.802. The lowest BCUT2D eigenvalue weighted by Crippen LogP contribution is -2.47. The Morgan fingerprint density at radius 2 is 1.62 bits per heavy atom. The molecule has 3 saturated heterocycles. The summed E-state index contributed by atoms with van der Waals surface area (Å²) in [5, 5.41) is -0.00579. The topological polar surface area (TPSA) is 73.8 Å². The minimum Gasteiger partial charge on any atom is -0.342 e. The first kappa shape index (κ1) is 23.9. The first-order valence-corrected chi connectivity index (χ1v) is 13.9. The van der Waals surface area contributed by atoms with Crippen molar-refractivity contribution in [2.24, 2.45) is 11.8 Å². The van der Waals surface area contributed by atoms with E-state index in [1.54, 1.807) is 6.07 Å². The number of nitrogens with zero attached hydrogens (tertiary/aromatic N) is 4. The van der Waals surface area contributed by atoms with E-state index >= 15 is 0 Å². The standard InChI is InChI=1S/C23H35ClN4O3S/c24-22-21(6-5-11-25-22)32(30,31)28-16-9-20(10-17-28)23(29)27-14-7-19(8-15-27)18-26-12-3-1-2-4-13-26/h5-6,11,19-20H,1-4,7-10,12-18H2. The van der Waals surface area contributed by atoms with Crippen molar-refractivity contribution in [3.8, 4) is 0 Å². The number of halogens is 1. The molecule has 0 aliphatic carbocycles. The minimum atomic E-state index is -3.68. The SMILES string of the molecule is O=C(C1CCN(S(=O)(=O)c2cccnc2Cl)CC1)N1CCC(CN2CCCCCC2)CC1. The van der Waals surface area contributed by atoms with Crippen LogP contribution in [-0.4, -0.2) is 79.2 Å². The molecule has 1 aromatic heterocycles. The van der Waals surface area contributed by atoms with Crippen molar-refractivity contribution < 1.29 is 13.2 Å². The maximum absolute atomic E-state index is 13.1. The van der Waals surface area contributed by atoms with Crippen LogP contribution in [0, 0.1) is 11.8 Å². The van der Waals surface area contributed by atoms with Gasteiger partial charge in [-0.1, -0.05) is 24.4 Å². The van der Waals surface area contributed by atoms with Gasteiger partial charge >= 0.3 is 0 Å². The Kier molecular flexibility index (Phi) is 8.08. The predicted molar refractivity (Wildman–Crippen MR) is 125 cm³/mol. The molecule has 3 fully saturated rings. The highest BCUT2D eigenvalue weighted by Gasteiger charge is 2.35. The zero-order valence-electron chi connectivity index (χ0n) is 18.8. The predicted octanol–water partition coefficient (Wildman–Crippen LogP) is 3.25. The van der Waals surface area contributed by atoms with Gasteiger partial charge in [0.2, 0.25) is 15.9 Å². The van der Waals surface area contributed by atoms with Crippen LogP contribution in [0.2, 0.25) is 5.15 Å². The zero-order valence-corrected chi connectivity index (χ0v) is 20.4. The number of piperidine rings is 2. The van der Waals surface area contributed by atoms with Gasteiger partial charge in [-0.25, -0.2) is 13.4 Å². The van der Waals surface area contributed by atoms with Crippen molar-refractivity contribution in [1.29, 1.82) is 0 Å². The Morgan fingerprint density at radius 1 is 0.969 bits per heavy atom. The Bertz CT molecular complexity index is 873. The highest BCUT2D eigenvalue weighted by Crippen LogP contribution is 2.29. The number of hydrogen-bond acceptors (Lipinski definition) is 5. The van der Waals surface area contributed by atoms with Gasteiger partial charge in [0.05, 0.1) is 0 Å². The molecule has 9 heteroatoms. The molecule has 0 radical (unpaired) electrons. The summed E-state index contributed by atoms with van der Waals surface area (Å²) in [7, 11) is -3.68. The van der Waals surface area contributed by atoms with Crippen molar-refractivity contribution in [1.82, 2.24) is 19.1 Å². The van der Waals surface area contributed by atoms with Gasteiger partial charge in [-0.2, -0.15) is 4.31 Å². The molecule has 1 aromatic rings. The zero-order chi connectivity index (χ0) is 22.6. The number of carbonyl (C=O) groups excluding carboxylic acids is 1. The lowest BCUT2D eigenvalue weighted by molar-refractivity contribution is -0.138. The van der Waals surface area contributed by atoms with Gasteiger partial charge in [0.25, 0.3) is 0 Å². The summed E-state index contributed by atoms with van der Waals surface area (Å²) in [5.41, 5.74) is 0. The highest BCUT2D eigenvalue weighted by atomic mass is 35.5. The normalized spacial score (nSPS) is 23.2. The Labute approximate surface area is 197 Å². The van der Waals surface area contributed by atoms with E-state index in [1.165, 1.54) is 61.9 Å². The Morgan fingerprint density at radius 3 is 2.25 bits per heavy atom. The summed E-state index contributed by atoms with van der Waals surface area (Å²) < 4.78 is 27.3. The first-order valence-electron chi connectivity index (χ1n) is 12.1. The largest absolute Gasteiger partial charge is 0.342 e. The smallest absolute Gasteiger partial charge is 0.246 e. The van der Waals surface area contributed by atoms with E-state index in [2.05, 4.69) is 9.88 Å². The minimum absolute atomic E-state index is 0.00579. The van der Waals surface area contributed by atoms with Gasteiger partial charge in [-0.05, 0) is 69.7 Å². The monoisotopic (exact) mass is 482 g/mol. The second kappa shape index (κ2) is 10.8. The maximum atomic E-state index is 13.1. The molecule has 0 N–H and O–H groups in total. The molecule has 0 saturated carbocycles. The number of amides is 1. The molecule has 4 rings (SSSR count). The van der Waals surface area contributed by atoms with Crippen LogP contribution in [0.15, 0.2) is 23.2 Å². The summed E-state index contributed by atoms with van der Waals surface area (Å²) in [6.07, 6.45) is 10.1. The molecule has 3 aliphatic rings.